The largest absolute Gasteiger partial charge is 0.339 e. The fourth-order valence-corrected chi connectivity index (χ4v) is 1.27. The molecular weight excluding hydrogens is 286 g/mol. The fraction of sp³-hybridized carbons (Fsp3) is 0.200. The van der Waals surface area contributed by atoms with Gasteiger partial charge in [0.1, 0.15) is 0 Å². The highest BCUT2D eigenvalue weighted by molar-refractivity contribution is 7.71. The third kappa shape index (κ3) is 5.56. The topological polar surface area (TPSA) is 136 Å². The molecule has 2 aromatic heterocycles. The van der Waals surface area contributed by atoms with Crippen molar-refractivity contribution in [3.63, 3.8) is 0 Å². The summed E-state index contributed by atoms with van der Waals surface area (Å²) in [4.78, 5) is 45.8. The Kier molecular flexibility index (Phi) is 6.29. The van der Waals surface area contributed by atoms with Gasteiger partial charge in [0.2, 0.25) is 0 Å². The Balaban J connectivity index is 0.000000217. The lowest BCUT2D eigenvalue weighted by atomic mass is 10.3. The molecule has 0 aliphatic heterocycles. The van der Waals surface area contributed by atoms with Gasteiger partial charge in [-0.1, -0.05) is 0 Å². The van der Waals surface area contributed by atoms with Gasteiger partial charge in [0, 0.05) is 24.0 Å². The molecule has 0 bridgehead atoms. The van der Waals surface area contributed by atoms with E-state index in [9.17, 15) is 14.4 Å². The normalized spacial score (nSPS) is 9.65. The summed E-state index contributed by atoms with van der Waals surface area (Å²) in [5.41, 5.74) is 1.80. The number of nitrogens with one attached hydrogen (secondary N) is 5. The van der Waals surface area contributed by atoms with Gasteiger partial charge in [0.25, 0.3) is 11.1 Å². The molecule has 0 saturated carbocycles. The Morgan fingerprint density at radius 2 is 2.00 bits per heavy atom. The van der Waals surface area contributed by atoms with Crippen molar-refractivity contribution < 1.29 is 4.84 Å². The molecule has 0 amide bonds. The zero-order chi connectivity index (χ0) is 15.0. The third-order valence-electron chi connectivity index (χ3n) is 1.99. The Hall–Kier alpha value is -2.30. The highest BCUT2D eigenvalue weighted by Gasteiger charge is 1.97. The molecule has 0 unspecified atom stereocenters. The van der Waals surface area contributed by atoms with E-state index in [4.69, 9.17) is 0 Å². The van der Waals surface area contributed by atoms with Crippen molar-refractivity contribution in [1.29, 1.82) is 0 Å². The molecule has 0 fully saturated rings. The van der Waals surface area contributed by atoms with Crippen LogP contribution in [0.4, 0.5) is 0 Å². The first-order valence-electron chi connectivity index (χ1n) is 5.37. The molecular formula is C10H13N5O4S. The maximum absolute atomic E-state index is 11.0. The summed E-state index contributed by atoms with van der Waals surface area (Å²) >= 11 is 4.59. The molecule has 0 aliphatic carbocycles. The predicted octanol–water partition coefficient (Wildman–Crippen LogP) is -0.853. The summed E-state index contributed by atoms with van der Waals surface area (Å²) < 4.78 is 0.359. The molecule has 2 rings (SSSR count). The molecule has 0 aliphatic rings. The molecule has 0 spiro atoms. The standard InChI is InChI=1S/C6H9N3O3.C4H4N2OS/c1-12-8-3-4-2-7-6(11)9-5(4)10;7-3-1-2-5-4(8)6-3/h2,8H,3H2,1H3,(H2,7,9,10,11);1-2H,(H2,5,6,7,8). The van der Waals surface area contributed by atoms with Crippen molar-refractivity contribution >= 4 is 12.2 Å². The number of aromatic nitrogens is 4. The van der Waals surface area contributed by atoms with Crippen LogP contribution in [0.2, 0.25) is 0 Å². The molecule has 10 heteroatoms. The summed E-state index contributed by atoms with van der Waals surface area (Å²) in [6.07, 6.45) is 2.84. The Labute approximate surface area is 117 Å². The SMILES string of the molecule is CONCc1c[nH]c(=O)[nH]c1=O.O=c1cc[nH]c(=S)[nH]1. The lowest BCUT2D eigenvalue weighted by molar-refractivity contribution is 0.0863. The summed E-state index contributed by atoms with van der Waals surface area (Å²) in [7, 11) is 1.44. The van der Waals surface area contributed by atoms with Gasteiger partial charge in [-0.05, 0) is 12.2 Å². The van der Waals surface area contributed by atoms with Crippen LogP contribution >= 0.6 is 12.2 Å². The van der Waals surface area contributed by atoms with E-state index in [0.29, 0.717) is 10.3 Å². The second-order valence-corrected chi connectivity index (χ2v) is 3.83. The van der Waals surface area contributed by atoms with E-state index in [1.54, 1.807) is 0 Å². The number of aromatic amines is 4. The Morgan fingerprint density at radius 1 is 1.25 bits per heavy atom. The first-order valence-corrected chi connectivity index (χ1v) is 5.78. The van der Waals surface area contributed by atoms with Crippen molar-refractivity contribution in [3.05, 3.63) is 60.0 Å². The van der Waals surface area contributed by atoms with Gasteiger partial charge in [-0.15, -0.1) is 0 Å². The molecule has 2 aromatic rings. The minimum absolute atomic E-state index is 0.172. The Bertz CT molecular complexity index is 734. The van der Waals surface area contributed by atoms with Crippen LogP contribution in [0.3, 0.4) is 0 Å². The van der Waals surface area contributed by atoms with Crippen molar-refractivity contribution in [1.82, 2.24) is 25.4 Å². The van der Waals surface area contributed by atoms with Gasteiger partial charge < -0.3 is 14.8 Å². The van der Waals surface area contributed by atoms with E-state index in [-0.39, 0.29) is 12.1 Å². The van der Waals surface area contributed by atoms with E-state index >= 15 is 0 Å². The van der Waals surface area contributed by atoms with Gasteiger partial charge in [-0.2, -0.15) is 5.48 Å². The quantitative estimate of drug-likeness (QED) is 0.370. The maximum Gasteiger partial charge on any atom is 0.325 e. The number of hydrogen-bond donors (Lipinski definition) is 5. The van der Waals surface area contributed by atoms with Crippen LogP contribution in [0.5, 0.6) is 0 Å². The summed E-state index contributed by atoms with van der Waals surface area (Å²) in [5.74, 6) is 0. The monoisotopic (exact) mass is 299 g/mol. The van der Waals surface area contributed by atoms with Crippen LogP contribution < -0.4 is 22.3 Å². The average molecular weight is 299 g/mol. The van der Waals surface area contributed by atoms with Gasteiger partial charge in [-0.3, -0.25) is 19.6 Å². The number of hydroxylamine groups is 1. The lowest BCUT2D eigenvalue weighted by Crippen LogP contribution is -2.27. The van der Waals surface area contributed by atoms with Crippen LogP contribution in [-0.4, -0.2) is 27.0 Å². The van der Waals surface area contributed by atoms with E-state index in [1.807, 2.05) is 0 Å². The zero-order valence-electron chi connectivity index (χ0n) is 10.5. The first-order chi connectivity index (χ1) is 9.52. The third-order valence-corrected chi connectivity index (χ3v) is 2.21. The number of H-pyrrole nitrogens is 4. The summed E-state index contributed by atoms with van der Waals surface area (Å²) in [5, 5.41) is 0. The van der Waals surface area contributed by atoms with Crippen LogP contribution in [0.1, 0.15) is 5.56 Å². The average Bonchev–Trinajstić information content (AvgIpc) is 2.38. The summed E-state index contributed by atoms with van der Waals surface area (Å²) in [6.45, 7) is 0.253. The highest BCUT2D eigenvalue weighted by Crippen LogP contribution is 1.81. The van der Waals surface area contributed by atoms with Gasteiger partial charge in [0.15, 0.2) is 4.77 Å². The number of rotatable bonds is 3. The van der Waals surface area contributed by atoms with Crippen molar-refractivity contribution in [2.24, 2.45) is 0 Å². The molecule has 20 heavy (non-hydrogen) atoms. The zero-order valence-corrected chi connectivity index (χ0v) is 11.3. The molecule has 0 radical (unpaired) electrons. The maximum atomic E-state index is 11.0. The molecule has 0 atom stereocenters. The molecule has 5 N–H and O–H groups in total. The molecule has 108 valence electrons. The molecule has 0 aromatic carbocycles. The van der Waals surface area contributed by atoms with Crippen molar-refractivity contribution in [3.8, 4) is 0 Å². The van der Waals surface area contributed by atoms with E-state index in [0.717, 1.165) is 0 Å². The first kappa shape index (κ1) is 15.8. The number of hydrogen-bond acceptors (Lipinski definition) is 6. The van der Waals surface area contributed by atoms with E-state index < -0.39 is 11.2 Å². The van der Waals surface area contributed by atoms with Crippen molar-refractivity contribution in [2.45, 2.75) is 6.54 Å². The molecule has 0 saturated heterocycles. The minimum Gasteiger partial charge on any atom is -0.339 e. The van der Waals surface area contributed by atoms with Gasteiger partial charge in [-0.25, -0.2) is 4.79 Å². The van der Waals surface area contributed by atoms with Crippen LogP contribution in [0, 0.1) is 4.77 Å². The summed E-state index contributed by atoms with van der Waals surface area (Å²) in [6, 6.07) is 1.37. The van der Waals surface area contributed by atoms with Crippen molar-refractivity contribution in [2.75, 3.05) is 7.11 Å². The van der Waals surface area contributed by atoms with Gasteiger partial charge >= 0.3 is 5.69 Å². The van der Waals surface area contributed by atoms with Crippen LogP contribution in [0.15, 0.2) is 32.8 Å². The second-order valence-electron chi connectivity index (χ2n) is 3.42. The van der Waals surface area contributed by atoms with Crippen LogP contribution in [-0.2, 0) is 11.4 Å². The highest BCUT2D eigenvalue weighted by atomic mass is 32.1. The smallest absolute Gasteiger partial charge is 0.325 e. The predicted molar refractivity (Wildman–Crippen MR) is 73.8 cm³/mol. The van der Waals surface area contributed by atoms with E-state index in [2.05, 4.69) is 42.5 Å². The minimum atomic E-state index is -0.513. The molecule has 9 nitrogen and oxygen atoms in total. The van der Waals surface area contributed by atoms with Crippen LogP contribution in [0.25, 0.3) is 0 Å². The van der Waals surface area contributed by atoms with Gasteiger partial charge in [0.05, 0.1) is 13.7 Å². The molecule has 2 heterocycles. The second kappa shape index (κ2) is 7.99. The Morgan fingerprint density at radius 3 is 2.50 bits per heavy atom. The van der Waals surface area contributed by atoms with E-state index in [1.165, 1.54) is 25.6 Å². The fourth-order valence-electron chi connectivity index (χ4n) is 1.10. The lowest BCUT2D eigenvalue weighted by Gasteiger charge is -1.98.